The third-order valence-electron chi connectivity index (χ3n) is 5.50. The number of alkyl halides is 4. The number of anilines is 1. The normalized spacial score (nSPS) is 20.7. The molecule has 2 N–H and O–H groups in total. The van der Waals surface area contributed by atoms with Crippen LogP contribution in [0.25, 0.3) is 10.6 Å². The Kier molecular flexibility index (Phi) is 6.87. The molecule has 3 aromatic heterocycles. The van der Waals surface area contributed by atoms with Gasteiger partial charge in [-0.1, -0.05) is 0 Å². The molecule has 0 aliphatic carbocycles. The molecule has 15 heteroatoms. The highest BCUT2D eigenvalue weighted by molar-refractivity contribution is 7.89. The fourth-order valence-corrected chi connectivity index (χ4v) is 6.05. The summed E-state index contributed by atoms with van der Waals surface area (Å²) in [6, 6.07) is 2.03. The Morgan fingerprint density at radius 1 is 1.29 bits per heavy atom. The number of halogens is 4. The number of aliphatic hydroxyl groups excluding tert-OH is 1. The molecule has 35 heavy (non-hydrogen) atoms. The predicted molar refractivity (Wildman–Crippen MR) is 120 cm³/mol. The molecule has 0 aromatic carbocycles. The van der Waals surface area contributed by atoms with Gasteiger partial charge in [-0.2, -0.15) is 22.6 Å². The molecule has 3 aromatic rings. The van der Waals surface area contributed by atoms with Crippen molar-refractivity contribution in [3.63, 3.8) is 0 Å². The Bertz CT molecular complexity index is 1310. The molecule has 1 aliphatic rings. The number of hydrogen-bond donors (Lipinski definition) is 2. The van der Waals surface area contributed by atoms with Gasteiger partial charge in [-0.05, 0) is 25.5 Å². The van der Waals surface area contributed by atoms with E-state index in [1.807, 2.05) is 0 Å². The van der Waals surface area contributed by atoms with Crippen molar-refractivity contribution in [2.75, 3.05) is 18.4 Å². The highest BCUT2D eigenvalue weighted by Gasteiger charge is 2.38. The maximum Gasteiger partial charge on any atom is 0.420 e. The van der Waals surface area contributed by atoms with Gasteiger partial charge in [0, 0.05) is 37.4 Å². The van der Waals surface area contributed by atoms with E-state index in [1.54, 1.807) is 7.05 Å². The molecule has 1 saturated heterocycles. The smallest absolute Gasteiger partial charge is 0.388 e. The maximum atomic E-state index is 15.0. The van der Waals surface area contributed by atoms with E-state index in [0.717, 1.165) is 15.6 Å². The number of nitrogens with one attached hydrogen (secondary N) is 1. The third-order valence-corrected chi connectivity index (χ3v) is 8.58. The van der Waals surface area contributed by atoms with Gasteiger partial charge in [-0.3, -0.25) is 4.68 Å². The third kappa shape index (κ3) is 5.32. The zero-order chi connectivity index (χ0) is 25.5. The number of aryl methyl sites for hydroxylation is 1. The van der Waals surface area contributed by atoms with Crippen molar-refractivity contribution in [1.82, 2.24) is 24.1 Å². The van der Waals surface area contributed by atoms with Crippen molar-refractivity contribution in [2.45, 2.75) is 42.7 Å². The van der Waals surface area contributed by atoms with Gasteiger partial charge in [0.1, 0.15) is 16.6 Å². The largest absolute Gasteiger partial charge is 0.420 e. The molecule has 4 heterocycles. The van der Waals surface area contributed by atoms with Crippen molar-refractivity contribution in [3.05, 3.63) is 41.2 Å². The molecule has 0 spiro atoms. The number of hydrogen-bond acceptors (Lipinski definition) is 8. The van der Waals surface area contributed by atoms with Crippen LogP contribution in [0.1, 0.15) is 29.9 Å². The number of aliphatic hydroxyl groups is 1. The highest BCUT2D eigenvalue weighted by Crippen LogP contribution is 2.39. The molecular weight excluding hydrogens is 512 g/mol. The second kappa shape index (κ2) is 9.44. The Balaban J connectivity index is 1.54. The number of aromatic nitrogens is 4. The minimum absolute atomic E-state index is 0.00845. The lowest BCUT2D eigenvalue weighted by Gasteiger charge is -2.34. The first-order valence-corrected chi connectivity index (χ1v) is 12.7. The molecule has 0 bridgehead atoms. The molecule has 1 fully saturated rings. The van der Waals surface area contributed by atoms with E-state index >= 15 is 0 Å². The van der Waals surface area contributed by atoms with E-state index in [4.69, 9.17) is 0 Å². The highest BCUT2D eigenvalue weighted by atomic mass is 32.2. The molecule has 190 valence electrons. The summed E-state index contributed by atoms with van der Waals surface area (Å²) in [5.74, 6) is -0.212. The van der Waals surface area contributed by atoms with Crippen LogP contribution in [0.15, 0.2) is 35.6 Å². The van der Waals surface area contributed by atoms with Crippen molar-refractivity contribution in [1.29, 1.82) is 0 Å². The van der Waals surface area contributed by atoms with Crippen LogP contribution >= 0.6 is 11.3 Å². The van der Waals surface area contributed by atoms with Crippen molar-refractivity contribution >= 4 is 27.3 Å². The second-order valence-electron chi connectivity index (χ2n) is 8.10. The Morgan fingerprint density at radius 2 is 2.03 bits per heavy atom. The molecule has 0 radical (unpaired) electrons. The Hall–Kier alpha value is -2.62. The Labute approximate surface area is 202 Å². The average Bonchev–Trinajstić information content (AvgIpc) is 3.44. The average molecular weight is 535 g/mol. The quantitative estimate of drug-likeness (QED) is 0.467. The first kappa shape index (κ1) is 25.5. The van der Waals surface area contributed by atoms with E-state index in [9.17, 15) is 31.1 Å². The lowest BCUT2D eigenvalue weighted by Crippen LogP contribution is -2.50. The number of rotatable bonds is 6. The summed E-state index contributed by atoms with van der Waals surface area (Å²) in [4.78, 5) is 8.31. The van der Waals surface area contributed by atoms with Crippen LogP contribution < -0.4 is 5.32 Å². The summed E-state index contributed by atoms with van der Waals surface area (Å²) < 4.78 is 83.5. The number of sulfonamides is 1. The summed E-state index contributed by atoms with van der Waals surface area (Å²) in [6.07, 6.45) is -4.07. The van der Waals surface area contributed by atoms with Crippen LogP contribution in [0.2, 0.25) is 0 Å². The molecule has 9 nitrogen and oxygen atoms in total. The molecule has 3 atom stereocenters. The molecule has 0 amide bonds. The van der Waals surface area contributed by atoms with Crippen molar-refractivity contribution < 1.29 is 31.1 Å². The van der Waals surface area contributed by atoms with Crippen LogP contribution in [-0.4, -0.2) is 62.9 Å². The van der Waals surface area contributed by atoms with Gasteiger partial charge in [-0.15, -0.1) is 11.3 Å². The fourth-order valence-electron chi connectivity index (χ4n) is 3.66. The lowest BCUT2D eigenvalue weighted by atomic mass is 10.1. The van der Waals surface area contributed by atoms with Crippen LogP contribution in [0.3, 0.4) is 0 Å². The van der Waals surface area contributed by atoms with Crippen molar-refractivity contribution in [2.24, 2.45) is 7.05 Å². The topological polar surface area (TPSA) is 113 Å². The van der Waals surface area contributed by atoms with Gasteiger partial charge >= 0.3 is 6.18 Å². The van der Waals surface area contributed by atoms with Crippen LogP contribution in [-0.2, 0) is 23.2 Å². The second-order valence-corrected chi connectivity index (χ2v) is 11.2. The van der Waals surface area contributed by atoms with Gasteiger partial charge in [0.15, 0.2) is 0 Å². The van der Waals surface area contributed by atoms with E-state index in [1.165, 1.54) is 36.1 Å². The van der Waals surface area contributed by atoms with Crippen LogP contribution in [0, 0.1) is 0 Å². The van der Waals surface area contributed by atoms with Gasteiger partial charge in [-0.25, -0.2) is 22.8 Å². The van der Waals surface area contributed by atoms with E-state index in [0.29, 0.717) is 11.1 Å². The summed E-state index contributed by atoms with van der Waals surface area (Å²) in [5, 5.41) is 16.3. The fraction of sp³-hybridized carbons (Fsp3) is 0.450. The maximum absolute atomic E-state index is 15.0. The van der Waals surface area contributed by atoms with E-state index in [2.05, 4.69) is 20.4 Å². The van der Waals surface area contributed by atoms with Gasteiger partial charge in [0.05, 0.1) is 28.9 Å². The zero-order valence-corrected chi connectivity index (χ0v) is 20.2. The van der Waals surface area contributed by atoms with Gasteiger partial charge in [0.2, 0.25) is 16.0 Å². The van der Waals surface area contributed by atoms with Gasteiger partial charge in [0.25, 0.3) is 0 Å². The van der Waals surface area contributed by atoms with Crippen LogP contribution in [0.4, 0.5) is 23.5 Å². The minimum atomic E-state index is -4.72. The number of piperidine rings is 1. The molecule has 1 aliphatic heterocycles. The SMILES string of the molecule is CC(O)c1ccc(-c2nc(N[C@@H]3CCN(S(=O)(=O)c4cnn(C)c4)C[C@H]3F)ncc2C(F)(F)F)s1. The van der Waals surface area contributed by atoms with Gasteiger partial charge < -0.3 is 10.4 Å². The lowest BCUT2D eigenvalue weighted by molar-refractivity contribution is -0.137. The van der Waals surface area contributed by atoms with Crippen molar-refractivity contribution in [3.8, 4) is 10.6 Å². The molecular formula is C20H22F4N6O3S2. The number of thiophene rings is 1. The first-order chi connectivity index (χ1) is 16.4. The predicted octanol–water partition coefficient (Wildman–Crippen LogP) is 3.22. The monoisotopic (exact) mass is 534 g/mol. The van der Waals surface area contributed by atoms with E-state index < -0.39 is 46.6 Å². The zero-order valence-electron chi connectivity index (χ0n) is 18.6. The molecule has 1 unspecified atom stereocenters. The summed E-state index contributed by atoms with van der Waals surface area (Å²) in [6.45, 7) is 1.05. The molecule has 0 saturated carbocycles. The standard InChI is InChI=1S/C20H22F4N6O3S2/c1-11(31)16-3-4-17(34-16)18-13(20(22,23)24)8-25-19(28-18)27-15-5-6-30(10-14(15)21)35(32,33)12-7-26-29(2)9-12/h3-4,7-9,11,14-15,31H,5-6,10H2,1-2H3,(H,25,27,28)/t11?,14-,15-/m1/s1. The number of nitrogens with zero attached hydrogens (tertiary/aromatic N) is 5. The Morgan fingerprint density at radius 3 is 2.60 bits per heavy atom. The van der Waals surface area contributed by atoms with E-state index in [-0.39, 0.29) is 34.4 Å². The summed E-state index contributed by atoms with van der Waals surface area (Å²) in [5.41, 5.74) is -1.45. The first-order valence-electron chi connectivity index (χ1n) is 10.5. The van der Waals surface area contributed by atoms with Crippen LogP contribution in [0.5, 0.6) is 0 Å². The summed E-state index contributed by atoms with van der Waals surface area (Å²) >= 11 is 0.960. The minimum Gasteiger partial charge on any atom is -0.388 e. The summed E-state index contributed by atoms with van der Waals surface area (Å²) in [7, 11) is -2.37. The molecule has 4 rings (SSSR count).